The molecule has 0 aromatic heterocycles. The summed E-state index contributed by atoms with van der Waals surface area (Å²) in [4.78, 5) is 54.5. The topological polar surface area (TPSA) is 105 Å². The van der Waals surface area contributed by atoms with Crippen molar-refractivity contribution in [3.05, 3.63) is 0 Å². The Balaban J connectivity index is 5.35. The molecule has 0 saturated heterocycles. The van der Waals surface area contributed by atoms with Crippen LogP contribution in [0.4, 0.5) is 0 Å². The number of hydrogen-bond acceptors (Lipinski definition) is 8. The molecule has 8 nitrogen and oxygen atoms in total. The van der Waals surface area contributed by atoms with Crippen LogP contribution in [0.5, 0.6) is 0 Å². The molecule has 0 rings (SSSR count). The van der Waals surface area contributed by atoms with Gasteiger partial charge in [-0.1, -0.05) is 593 Å². The van der Waals surface area contributed by atoms with Crippen LogP contribution in [0.2, 0.25) is 0 Å². The molecule has 0 radical (unpaired) electrons. The Kier molecular flexibility index (Phi) is 99.1. The summed E-state index contributed by atoms with van der Waals surface area (Å²) in [5.74, 6) is -1.25. The molecule has 0 N–H and O–H groups in total. The lowest BCUT2D eigenvalue weighted by molar-refractivity contribution is -0.170. The molecule has 0 bridgehead atoms. The third-order valence-corrected chi connectivity index (χ3v) is 26.1. The molecule has 0 aliphatic carbocycles. The van der Waals surface area contributed by atoms with E-state index in [1.54, 1.807) is 0 Å². The lowest BCUT2D eigenvalue weighted by Gasteiger charge is -2.31. The fourth-order valence-electron chi connectivity index (χ4n) is 17.7. The highest BCUT2D eigenvalue weighted by Gasteiger charge is 2.38. The monoisotopic (exact) mass is 1650 g/mol. The summed E-state index contributed by atoms with van der Waals surface area (Å²) in [6.07, 6.45) is 123. The summed E-state index contributed by atoms with van der Waals surface area (Å²) in [6, 6.07) is 0. The molecule has 0 unspecified atom stereocenters. The fraction of sp³-hybridized carbons (Fsp3) is 0.963. The predicted octanol–water partition coefficient (Wildman–Crippen LogP) is 37.7. The maximum absolute atomic E-state index is 13.6. The molecule has 696 valence electrons. The van der Waals surface area contributed by atoms with Crippen LogP contribution in [-0.2, 0) is 38.1 Å². The largest absolute Gasteiger partial charge is 0.465 e. The number of ether oxygens (including phenoxy) is 4. The van der Waals surface area contributed by atoms with Gasteiger partial charge in [0.2, 0.25) is 0 Å². The quantitative estimate of drug-likeness (QED) is 0.0337. The standard InChI is InChI=1S/C109H212O8/c1-5-9-13-17-21-25-29-33-37-41-45-49-53-57-61-65-69-73-77-81-85-89-93-97-105(110)114-101-109(102-115-106(111)98-94-90-86-82-78-74-70-66-62-58-54-50-46-42-38-34-30-26-22-18-14-10-6-2,103-116-107(112)99-95-91-87-83-79-75-71-67-63-59-55-51-47-43-39-35-31-27-23-19-15-11-7-3)104-117-108(113)100-96-92-88-84-80-76-72-68-64-60-56-52-48-44-40-36-32-28-24-20-16-12-8-4/h5-104H2,1-4H3. The smallest absolute Gasteiger partial charge is 0.305 e. The fourth-order valence-corrected chi connectivity index (χ4v) is 17.7. The molecule has 0 aromatic rings. The molecular weight excluding hydrogens is 1440 g/mol. The zero-order valence-electron chi connectivity index (χ0n) is 80.5. The van der Waals surface area contributed by atoms with Crippen LogP contribution in [-0.4, -0.2) is 50.3 Å². The molecule has 8 heteroatoms. The summed E-state index contributed by atoms with van der Waals surface area (Å²) >= 11 is 0. The third kappa shape index (κ3) is 96.0. The van der Waals surface area contributed by atoms with E-state index in [0.717, 1.165) is 77.0 Å². The molecule has 0 saturated carbocycles. The number of carbonyl (C=O) groups is 4. The van der Waals surface area contributed by atoms with Crippen molar-refractivity contribution < 1.29 is 38.1 Å². The van der Waals surface area contributed by atoms with Gasteiger partial charge in [-0.2, -0.15) is 0 Å². The molecule has 0 amide bonds. The summed E-state index contributed by atoms with van der Waals surface area (Å²) in [5, 5.41) is 0. The number of rotatable bonds is 104. The molecule has 0 spiro atoms. The predicted molar refractivity (Wildman–Crippen MR) is 512 cm³/mol. The van der Waals surface area contributed by atoms with Gasteiger partial charge in [-0.05, 0) is 25.7 Å². The van der Waals surface area contributed by atoms with E-state index >= 15 is 0 Å². The highest BCUT2D eigenvalue weighted by molar-refractivity contribution is 5.71. The molecule has 0 atom stereocenters. The zero-order chi connectivity index (χ0) is 84.3. The first-order chi connectivity index (χ1) is 57.8. The van der Waals surface area contributed by atoms with Crippen molar-refractivity contribution in [2.75, 3.05) is 26.4 Å². The summed E-state index contributed by atoms with van der Waals surface area (Å²) in [5.41, 5.74) is -1.21. The Labute approximate surface area is 733 Å². The van der Waals surface area contributed by atoms with E-state index < -0.39 is 5.41 Å². The molecule has 0 aromatic carbocycles. The van der Waals surface area contributed by atoms with Crippen LogP contribution in [0.15, 0.2) is 0 Å². The van der Waals surface area contributed by atoms with E-state index in [4.69, 9.17) is 18.9 Å². The SMILES string of the molecule is CCCCCCCCCCCCCCCCCCCCCCCCCC(=O)OCC(COC(=O)CCCCCCCCCCCCCCCCCCCCCCCCC)(COC(=O)CCCCCCCCCCCCCCCCCCCCCCCCC)COC(=O)CCCCCCCCCCCCCCCCCCCCCCCCC. The lowest BCUT2D eigenvalue weighted by atomic mass is 9.92. The molecule has 117 heavy (non-hydrogen) atoms. The Bertz CT molecular complexity index is 1650. The second-order valence-corrected chi connectivity index (χ2v) is 38.3. The minimum Gasteiger partial charge on any atom is -0.465 e. The Morgan fingerprint density at radius 1 is 0.128 bits per heavy atom. The third-order valence-electron chi connectivity index (χ3n) is 26.1. The van der Waals surface area contributed by atoms with Gasteiger partial charge in [0.15, 0.2) is 0 Å². The summed E-state index contributed by atoms with van der Waals surface area (Å²) < 4.78 is 24.3. The molecule has 0 aliphatic heterocycles. The van der Waals surface area contributed by atoms with Gasteiger partial charge in [0.25, 0.3) is 0 Å². The average Bonchev–Trinajstić information content (AvgIpc) is 0.852. The van der Waals surface area contributed by atoms with E-state index in [1.807, 2.05) is 0 Å². The van der Waals surface area contributed by atoms with E-state index in [0.29, 0.717) is 25.7 Å². The first-order valence-electron chi connectivity index (χ1n) is 54.4. The van der Waals surface area contributed by atoms with Gasteiger partial charge in [0.1, 0.15) is 31.8 Å². The minimum absolute atomic E-state index is 0.155. The number of esters is 4. The van der Waals surface area contributed by atoms with Crippen molar-refractivity contribution in [2.24, 2.45) is 5.41 Å². The van der Waals surface area contributed by atoms with Crippen molar-refractivity contribution in [1.29, 1.82) is 0 Å². The van der Waals surface area contributed by atoms with Crippen molar-refractivity contribution >= 4 is 23.9 Å². The highest BCUT2D eigenvalue weighted by Crippen LogP contribution is 2.27. The van der Waals surface area contributed by atoms with E-state index in [1.165, 1.54) is 514 Å². The van der Waals surface area contributed by atoms with E-state index in [2.05, 4.69) is 27.7 Å². The first-order valence-corrected chi connectivity index (χ1v) is 54.4. The molecule has 0 heterocycles. The maximum Gasteiger partial charge on any atom is 0.305 e. The molecule has 0 fully saturated rings. The normalized spacial score (nSPS) is 11.7. The van der Waals surface area contributed by atoms with Gasteiger partial charge >= 0.3 is 23.9 Å². The molecular formula is C109H212O8. The van der Waals surface area contributed by atoms with Crippen molar-refractivity contribution in [2.45, 2.75) is 644 Å². The van der Waals surface area contributed by atoms with Gasteiger partial charge in [-0.25, -0.2) is 0 Å². The number of carbonyl (C=O) groups excluding carboxylic acids is 4. The lowest BCUT2D eigenvalue weighted by Crippen LogP contribution is -2.44. The van der Waals surface area contributed by atoms with Crippen LogP contribution in [0.25, 0.3) is 0 Å². The van der Waals surface area contributed by atoms with E-state index in [9.17, 15) is 19.2 Å². The molecule has 0 aliphatic rings. The van der Waals surface area contributed by atoms with Crippen LogP contribution in [0.1, 0.15) is 644 Å². The second-order valence-electron chi connectivity index (χ2n) is 38.3. The second kappa shape index (κ2) is 101. The van der Waals surface area contributed by atoms with Crippen molar-refractivity contribution in [3.63, 3.8) is 0 Å². The van der Waals surface area contributed by atoms with Gasteiger partial charge in [0.05, 0.1) is 0 Å². The van der Waals surface area contributed by atoms with Crippen LogP contribution in [0.3, 0.4) is 0 Å². The van der Waals surface area contributed by atoms with Crippen LogP contribution in [0, 0.1) is 5.41 Å². The minimum atomic E-state index is -1.21. The summed E-state index contributed by atoms with van der Waals surface area (Å²) in [6.45, 7) is 8.58. The Morgan fingerprint density at radius 2 is 0.205 bits per heavy atom. The van der Waals surface area contributed by atoms with Gasteiger partial charge in [0, 0.05) is 25.7 Å². The highest BCUT2D eigenvalue weighted by atomic mass is 16.6. The maximum atomic E-state index is 13.6. The average molecular weight is 1650 g/mol. The van der Waals surface area contributed by atoms with E-state index in [-0.39, 0.29) is 50.3 Å². The van der Waals surface area contributed by atoms with Gasteiger partial charge in [-0.3, -0.25) is 19.2 Å². The van der Waals surface area contributed by atoms with Crippen LogP contribution < -0.4 is 0 Å². The van der Waals surface area contributed by atoms with Crippen molar-refractivity contribution in [3.8, 4) is 0 Å². The Morgan fingerprint density at radius 3 is 0.291 bits per heavy atom. The summed E-state index contributed by atoms with van der Waals surface area (Å²) in [7, 11) is 0. The zero-order valence-corrected chi connectivity index (χ0v) is 80.5. The first kappa shape index (κ1) is 115. The Hall–Kier alpha value is -2.12. The van der Waals surface area contributed by atoms with Crippen LogP contribution >= 0.6 is 0 Å². The number of hydrogen-bond donors (Lipinski definition) is 0. The van der Waals surface area contributed by atoms with Gasteiger partial charge < -0.3 is 18.9 Å². The van der Waals surface area contributed by atoms with Crippen molar-refractivity contribution in [1.82, 2.24) is 0 Å². The van der Waals surface area contributed by atoms with Gasteiger partial charge in [-0.15, -0.1) is 0 Å². The number of unbranched alkanes of at least 4 members (excludes halogenated alkanes) is 88.